The molecule has 10 heteroatoms. The van der Waals surface area contributed by atoms with Gasteiger partial charge in [0.1, 0.15) is 22.7 Å². The van der Waals surface area contributed by atoms with Crippen molar-refractivity contribution >= 4 is 11.9 Å². The summed E-state index contributed by atoms with van der Waals surface area (Å²) in [6, 6.07) is 7.92. The average molecular weight is 557 g/mol. The van der Waals surface area contributed by atoms with Crippen LogP contribution in [0.5, 0.6) is 0 Å². The Labute approximate surface area is 233 Å². The molecule has 0 radical (unpaired) electrons. The lowest BCUT2D eigenvalue weighted by atomic mass is 9.65. The van der Waals surface area contributed by atoms with Crippen molar-refractivity contribution in [3.05, 3.63) is 59.1 Å². The maximum absolute atomic E-state index is 12.6. The van der Waals surface area contributed by atoms with E-state index in [1.54, 1.807) is 13.8 Å². The molecule has 2 unspecified atom stereocenters. The summed E-state index contributed by atoms with van der Waals surface area (Å²) in [5, 5.41) is 0. The van der Waals surface area contributed by atoms with Crippen molar-refractivity contribution < 1.29 is 47.5 Å². The third kappa shape index (κ3) is 5.13. The molecule has 10 nitrogen and oxygen atoms in total. The summed E-state index contributed by atoms with van der Waals surface area (Å²) in [4.78, 5) is 25.2. The van der Waals surface area contributed by atoms with Crippen LogP contribution in [-0.2, 0) is 60.7 Å². The van der Waals surface area contributed by atoms with Crippen LogP contribution in [0.15, 0.2) is 47.9 Å². The van der Waals surface area contributed by atoms with Gasteiger partial charge in [0.2, 0.25) is 0 Å². The number of carbonyl (C=O) groups excluding carboxylic acids is 2. The molecule has 1 aromatic rings. The minimum absolute atomic E-state index is 0.274. The third-order valence-electron chi connectivity index (χ3n) is 8.41. The molecule has 40 heavy (non-hydrogen) atoms. The zero-order valence-corrected chi connectivity index (χ0v) is 22.9. The summed E-state index contributed by atoms with van der Waals surface area (Å²) in [5.74, 6) is -0.343. The first-order valence-corrected chi connectivity index (χ1v) is 14.0. The van der Waals surface area contributed by atoms with Crippen molar-refractivity contribution in [3.8, 4) is 0 Å². The standard InChI is InChI=1S/C30H36O10/c1-19-15-29-23(27(31)39-19)13-25(29)35-11-9-33-7-8-34-10-12-36-26-14-24-28(32)40-20(2)16-30(24,26)38-18-22-5-3-21(4-6-22)17-37-29/h3-6,15-16,23-26H,7-14,17-18H2,1-2H3/t23?,24?,25-,26-,29+,30+/m0/s1. The predicted molar refractivity (Wildman–Crippen MR) is 139 cm³/mol. The van der Waals surface area contributed by atoms with Gasteiger partial charge < -0.3 is 37.9 Å². The lowest BCUT2D eigenvalue weighted by molar-refractivity contribution is -0.236. The van der Waals surface area contributed by atoms with Gasteiger partial charge in [0, 0.05) is 0 Å². The number of ether oxygens (including phenoxy) is 8. The number of fused-ring (bicyclic) bond motifs is 13. The Morgan fingerprint density at radius 1 is 0.625 bits per heavy atom. The van der Waals surface area contributed by atoms with E-state index >= 15 is 0 Å². The molecule has 2 fully saturated rings. The Morgan fingerprint density at radius 2 is 1.02 bits per heavy atom. The highest BCUT2D eigenvalue weighted by Gasteiger charge is 2.63. The van der Waals surface area contributed by atoms with Gasteiger partial charge in [-0.3, -0.25) is 9.59 Å². The monoisotopic (exact) mass is 556 g/mol. The molecule has 0 amide bonds. The number of esters is 2. The van der Waals surface area contributed by atoms with Crippen LogP contribution in [-0.4, -0.2) is 75.0 Å². The SMILES string of the molecule is CC1=C[C@]23OCc4ccc(cc4)CO[C@]45C=C(C)OC(=O)C4C[C@@H]5OCCOCCOCCO[C@H]2CC3C(=O)O1. The molecule has 6 atom stereocenters. The van der Waals surface area contributed by atoms with Crippen molar-refractivity contribution in [2.24, 2.45) is 11.8 Å². The quantitative estimate of drug-likeness (QED) is 0.350. The summed E-state index contributed by atoms with van der Waals surface area (Å²) < 4.78 is 47.1. The summed E-state index contributed by atoms with van der Waals surface area (Å²) in [7, 11) is 0. The second-order valence-electron chi connectivity index (χ2n) is 11.0. The van der Waals surface area contributed by atoms with Gasteiger partial charge >= 0.3 is 11.9 Å². The lowest BCUT2D eigenvalue weighted by Crippen LogP contribution is -2.65. The fourth-order valence-electron chi connectivity index (χ4n) is 6.23. The minimum atomic E-state index is -0.867. The number of carbonyl (C=O) groups is 2. The van der Waals surface area contributed by atoms with Gasteiger partial charge in [0.15, 0.2) is 0 Å². The first kappa shape index (κ1) is 27.6. The van der Waals surface area contributed by atoms with Gasteiger partial charge in [-0.25, -0.2) is 0 Å². The van der Waals surface area contributed by atoms with Crippen LogP contribution in [0.4, 0.5) is 0 Å². The molecule has 4 aliphatic heterocycles. The van der Waals surface area contributed by atoms with Crippen LogP contribution in [0.1, 0.15) is 37.8 Å². The molecular weight excluding hydrogens is 520 g/mol. The minimum Gasteiger partial charge on any atom is -0.431 e. The summed E-state index contributed by atoms with van der Waals surface area (Å²) in [6.45, 7) is 6.52. The Balaban J connectivity index is 1.19. The van der Waals surface area contributed by atoms with Gasteiger partial charge in [0.05, 0.1) is 76.9 Å². The molecule has 0 N–H and O–H groups in total. The van der Waals surface area contributed by atoms with Gasteiger partial charge in [-0.15, -0.1) is 0 Å². The lowest BCUT2D eigenvalue weighted by Gasteiger charge is -2.53. The molecule has 216 valence electrons. The molecule has 2 saturated carbocycles. The van der Waals surface area contributed by atoms with E-state index in [-0.39, 0.29) is 24.1 Å². The molecule has 0 aromatic heterocycles. The van der Waals surface area contributed by atoms with E-state index in [2.05, 4.69) is 0 Å². The summed E-state index contributed by atoms with van der Waals surface area (Å²) in [6.07, 6.45) is 4.27. The number of hydrogen-bond acceptors (Lipinski definition) is 10. The fraction of sp³-hybridized carbons (Fsp3) is 0.600. The highest BCUT2D eigenvalue weighted by atomic mass is 16.6. The smallest absolute Gasteiger partial charge is 0.317 e. The number of cyclic esters (lactones) is 2. The second kappa shape index (κ2) is 11.3. The van der Waals surface area contributed by atoms with Crippen LogP contribution in [0.25, 0.3) is 0 Å². The van der Waals surface area contributed by atoms with Crippen molar-refractivity contribution in [1.29, 1.82) is 0 Å². The van der Waals surface area contributed by atoms with E-state index in [1.165, 1.54) is 0 Å². The van der Waals surface area contributed by atoms with E-state index in [0.717, 1.165) is 11.1 Å². The van der Waals surface area contributed by atoms with E-state index < -0.39 is 23.0 Å². The van der Waals surface area contributed by atoms with Crippen LogP contribution in [0.3, 0.4) is 0 Å². The van der Waals surface area contributed by atoms with E-state index in [1.807, 2.05) is 36.4 Å². The number of allylic oxidation sites excluding steroid dienone is 2. The number of hydrogen-bond donors (Lipinski definition) is 0. The number of rotatable bonds is 0. The third-order valence-corrected chi connectivity index (χ3v) is 8.41. The predicted octanol–water partition coefficient (Wildman–Crippen LogP) is 2.98. The highest BCUT2D eigenvalue weighted by Crippen LogP contribution is 2.50. The van der Waals surface area contributed by atoms with Crippen LogP contribution >= 0.6 is 0 Å². The van der Waals surface area contributed by atoms with Crippen molar-refractivity contribution in [2.45, 2.75) is 63.3 Å². The Bertz CT molecular complexity index is 1080. The maximum Gasteiger partial charge on any atom is 0.317 e. The van der Waals surface area contributed by atoms with E-state index in [9.17, 15) is 9.59 Å². The molecule has 1 aromatic carbocycles. The summed E-state index contributed by atoms with van der Waals surface area (Å²) >= 11 is 0. The average Bonchev–Trinajstić information content (AvgIpc) is 2.90. The number of benzene rings is 1. The van der Waals surface area contributed by atoms with Crippen LogP contribution < -0.4 is 0 Å². The Hall–Kier alpha value is -2.60. The molecule has 7 rings (SSSR count). The van der Waals surface area contributed by atoms with Gasteiger partial charge in [-0.2, -0.15) is 0 Å². The molecule has 4 heterocycles. The molecule has 2 bridgehead atoms. The van der Waals surface area contributed by atoms with E-state index in [0.29, 0.717) is 77.2 Å². The molecule has 2 spiro atoms. The molecule has 2 aliphatic carbocycles. The first-order valence-electron chi connectivity index (χ1n) is 14.0. The topological polar surface area (TPSA) is 108 Å². The van der Waals surface area contributed by atoms with Gasteiger partial charge in [-0.05, 0) is 50.0 Å². The largest absolute Gasteiger partial charge is 0.431 e. The zero-order chi connectivity index (χ0) is 27.7. The van der Waals surface area contributed by atoms with E-state index in [4.69, 9.17) is 37.9 Å². The van der Waals surface area contributed by atoms with Crippen LogP contribution in [0.2, 0.25) is 0 Å². The highest BCUT2D eigenvalue weighted by molar-refractivity contribution is 5.79. The first-order chi connectivity index (χ1) is 19.4. The molecular formula is C30H36O10. The Kier molecular flexibility index (Phi) is 7.82. The van der Waals surface area contributed by atoms with Gasteiger partial charge in [0.25, 0.3) is 0 Å². The van der Waals surface area contributed by atoms with Crippen molar-refractivity contribution in [3.63, 3.8) is 0 Å². The van der Waals surface area contributed by atoms with Crippen molar-refractivity contribution in [2.75, 3.05) is 39.6 Å². The molecule has 6 aliphatic rings. The Morgan fingerprint density at radius 3 is 1.45 bits per heavy atom. The van der Waals surface area contributed by atoms with Crippen molar-refractivity contribution in [1.82, 2.24) is 0 Å². The molecule has 0 saturated heterocycles. The second-order valence-corrected chi connectivity index (χ2v) is 11.0. The zero-order valence-electron chi connectivity index (χ0n) is 22.9. The van der Waals surface area contributed by atoms with Gasteiger partial charge in [-0.1, -0.05) is 24.3 Å². The summed E-state index contributed by atoms with van der Waals surface area (Å²) in [5.41, 5.74) is 0.176. The van der Waals surface area contributed by atoms with Crippen LogP contribution in [0, 0.1) is 11.8 Å². The fourth-order valence-corrected chi connectivity index (χ4v) is 6.23. The normalized spacial score (nSPS) is 37.1. The maximum atomic E-state index is 12.6.